The van der Waals surface area contributed by atoms with E-state index in [9.17, 15) is 0 Å². The highest BCUT2D eigenvalue weighted by Crippen LogP contribution is 2.33. The number of ether oxygens (including phenoxy) is 1. The van der Waals surface area contributed by atoms with Gasteiger partial charge in [0.1, 0.15) is 5.75 Å². The third-order valence-electron chi connectivity index (χ3n) is 6.08. The lowest BCUT2D eigenvalue weighted by Gasteiger charge is -2.31. The smallest absolute Gasteiger partial charge is 0.128 e. The minimum absolute atomic E-state index is 0.676. The number of aromatic nitrogens is 2. The van der Waals surface area contributed by atoms with E-state index < -0.39 is 0 Å². The summed E-state index contributed by atoms with van der Waals surface area (Å²) in [7, 11) is 0. The van der Waals surface area contributed by atoms with Gasteiger partial charge >= 0.3 is 0 Å². The molecule has 3 heterocycles. The van der Waals surface area contributed by atoms with Crippen LogP contribution in [-0.2, 0) is 0 Å². The minimum atomic E-state index is 0.676. The fourth-order valence-electron chi connectivity index (χ4n) is 4.55. The summed E-state index contributed by atoms with van der Waals surface area (Å²) in [5.41, 5.74) is 3.89. The van der Waals surface area contributed by atoms with E-state index in [1.807, 2.05) is 12.3 Å². The van der Waals surface area contributed by atoms with E-state index in [2.05, 4.69) is 63.5 Å². The number of fused-ring (bicyclic) bond motifs is 2. The Balaban J connectivity index is 1.10. The Bertz CT molecular complexity index is 1060. The van der Waals surface area contributed by atoms with Crippen molar-refractivity contribution in [3.8, 4) is 5.75 Å². The van der Waals surface area contributed by atoms with Crippen LogP contribution in [0.5, 0.6) is 5.75 Å². The van der Waals surface area contributed by atoms with Gasteiger partial charge < -0.3 is 19.6 Å². The van der Waals surface area contributed by atoms with Crippen LogP contribution in [0.4, 0.5) is 0 Å². The van der Waals surface area contributed by atoms with Crippen molar-refractivity contribution in [1.82, 2.24) is 14.9 Å². The van der Waals surface area contributed by atoms with Crippen LogP contribution < -0.4 is 4.74 Å². The molecule has 0 amide bonds. The SMILES string of the molecule is c1cc(OCCCN2CCC(c3c[nH]c4ccccc34)CC2)c2cc[nH]c2c1. The van der Waals surface area contributed by atoms with Gasteiger partial charge in [-0.05, 0) is 68.1 Å². The fourth-order valence-corrected chi connectivity index (χ4v) is 4.55. The molecular weight excluding hydrogens is 346 g/mol. The monoisotopic (exact) mass is 373 g/mol. The Hall–Kier alpha value is -2.72. The van der Waals surface area contributed by atoms with Crippen LogP contribution in [0.15, 0.2) is 60.9 Å². The fraction of sp³-hybridized carbons (Fsp3) is 0.333. The molecule has 28 heavy (non-hydrogen) atoms. The van der Waals surface area contributed by atoms with E-state index in [-0.39, 0.29) is 0 Å². The van der Waals surface area contributed by atoms with Crippen LogP contribution in [0.3, 0.4) is 0 Å². The van der Waals surface area contributed by atoms with Crippen molar-refractivity contribution in [3.63, 3.8) is 0 Å². The number of piperidine rings is 1. The molecule has 0 radical (unpaired) electrons. The zero-order valence-corrected chi connectivity index (χ0v) is 16.2. The van der Waals surface area contributed by atoms with E-state index >= 15 is 0 Å². The van der Waals surface area contributed by atoms with E-state index in [1.165, 1.54) is 47.8 Å². The summed E-state index contributed by atoms with van der Waals surface area (Å²) < 4.78 is 6.05. The minimum Gasteiger partial charge on any atom is -0.493 e. The van der Waals surface area contributed by atoms with Gasteiger partial charge in [0.25, 0.3) is 0 Å². The Morgan fingerprint density at radius 3 is 2.64 bits per heavy atom. The molecule has 0 unspecified atom stereocenters. The van der Waals surface area contributed by atoms with Crippen LogP contribution in [0, 0.1) is 0 Å². The lowest BCUT2D eigenvalue weighted by Crippen LogP contribution is -2.34. The largest absolute Gasteiger partial charge is 0.493 e. The average Bonchev–Trinajstić information content (AvgIpc) is 3.39. The highest BCUT2D eigenvalue weighted by atomic mass is 16.5. The molecule has 2 aromatic heterocycles. The second-order valence-corrected chi connectivity index (χ2v) is 7.80. The standard InChI is InChI=1S/C24H27N3O/c1-2-6-22-19(5-1)21(17-26-22)18-10-14-27(15-11-18)13-4-16-28-24-8-3-7-23-20(24)9-12-25-23/h1-3,5-9,12,17-18,25-26H,4,10-11,13-16H2. The van der Waals surface area contributed by atoms with E-state index in [1.54, 1.807) is 0 Å². The summed E-state index contributed by atoms with van der Waals surface area (Å²) in [6.07, 6.45) is 7.74. The molecule has 1 saturated heterocycles. The van der Waals surface area contributed by atoms with Gasteiger partial charge in [-0.1, -0.05) is 24.3 Å². The first-order valence-corrected chi connectivity index (χ1v) is 10.4. The molecule has 4 nitrogen and oxygen atoms in total. The lowest BCUT2D eigenvalue weighted by atomic mass is 9.89. The second kappa shape index (κ2) is 7.72. The number of H-pyrrole nitrogens is 2. The number of rotatable bonds is 6. The van der Waals surface area contributed by atoms with E-state index in [4.69, 9.17) is 4.74 Å². The van der Waals surface area contributed by atoms with Crippen LogP contribution in [-0.4, -0.2) is 41.1 Å². The maximum atomic E-state index is 6.05. The van der Waals surface area contributed by atoms with Gasteiger partial charge in [0, 0.05) is 40.7 Å². The summed E-state index contributed by atoms with van der Waals surface area (Å²) in [6.45, 7) is 4.24. The molecule has 4 heteroatoms. The quantitative estimate of drug-likeness (QED) is 0.451. The Labute approximate surface area is 165 Å². The van der Waals surface area contributed by atoms with Crippen molar-refractivity contribution in [2.24, 2.45) is 0 Å². The van der Waals surface area contributed by atoms with E-state index in [0.29, 0.717) is 5.92 Å². The zero-order chi connectivity index (χ0) is 18.8. The number of hydrogen-bond donors (Lipinski definition) is 2. The number of hydrogen-bond acceptors (Lipinski definition) is 2. The van der Waals surface area contributed by atoms with Crippen molar-refractivity contribution >= 4 is 21.8 Å². The van der Waals surface area contributed by atoms with Gasteiger partial charge in [-0.15, -0.1) is 0 Å². The van der Waals surface area contributed by atoms with Crippen molar-refractivity contribution < 1.29 is 4.74 Å². The third-order valence-corrected chi connectivity index (χ3v) is 6.08. The second-order valence-electron chi connectivity index (χ2n) is 7.80. The molecule has 1 aliphatic rings. The van der Waals surface area contributed by atoms with Gasteiger partial charge in [0.2, 0.25) is 0 Å². The van der Waals surface area contributed by atoms with Crippen LogP contribution >= 0.6 is 0 Å². The third kappa shape index (κ3) is 3.40. The molecule has 0 spiro atoms. The van der Waals surface area contributed by atoms with Gasteiger partial charge in [-0.3, -0.25) is 0 Å². The molecule has 1 fully saturated rings. The van der Waals surface area contributed by atoms with Crippen LogP contribution in [0.2, 0.25) is 0 Å². The summed E-state index contributed by atoms with van der Waals surface area (Å²) in [6, 6.07) is 16.9. The molecule has 2 aromatic carbocycles. The molecule has 1 aliphatic heterocycles. The summed E-state index contributed by atoms with van der Waals surface area (Å²) in [5.74, 6) is 1.66. The summed E-state index contributed by atoms with van der Waals surface area (Å²) in [4.78, 5) is 9.26. The van der Waals surface area contributed by atoms with Crippen LogP contribution in [0.25, 0.3) is 21.8 Å². The van der Waals surface area contributed by atoms with Crippen LogP contribution in [0.1, 0.15) is 30.7 Å². The molecule has 2 N–H and O–H groups in total. The van der Waals surface area contributed by atoms with Crippen molar-refractivity contribution in [1.29, 1.82) is 0 Å². The Morgan fingerprint density at radius 2 is 1.71 bits per heavy atom. The maximum Gasteiger partial charge on any atom is 0.128 e. The van der Waals surface area contributed by atoms with E-state index in [0.717, 1.165) is 30.8 Å². The Kier molecular flexibility index (Phi) is 4.79. The molecule has 5 rings (SSSR count). The highest BCUT2D eigenvalue weighted by Gasteiger charge is 2.22. The van der Waals surface area contributed by atoms with Gasteiger partial charge in [-0.2, -0.15) is 0 Å². The first-order chi connectivity index (χ1) is 13.9. The molecule has 4 aromatic rings. The topological polar surface area (TPSA) is 44.0 Å². The molecule has 0 aliphatic carbocycles. The molecule has 0 bridgehead atoms. The van der Waals surface area contributed by atoms with Crippen molar-refractivity contribution in [2.45, 2.75) is 25.2 Å². The van der Waals surface area contributed by atoms with Crippen molar-refractivity contribution in [3.05, 3.63) is 66.5 Å². The maximum absolute atomic E-state index is 6.05. The summed E-state index contributed by atoms with van der Waals surface area (Å²) >= 11 is 0. The predicted molar refractivity (Wildman–Crippen MR) is 115 cm³/mol. The lowest BCUT2D eigenvalue weighted by molar-refractivity contribution is 0.193. The number of nitrogens with zero attached hydrogens (tertiary/aromatic N) is 1. The number of likely N-dealkylation sites (tertiary alicyclic amines) is 1. The van der Waals surface area contributed by atoms with Gasteiger partial charge in [-0.25, -0.2) is 0 Å². The number of para-hydroxylation sites is 1. The first-order valence-electron chi connectivity index (χ1n) is 10.4. The first kappa shape index (κ1) is 17.4. The van der Waals surface area contributed by atoms with Gasteiger partial charge in [0.05, 0.1) is 6.61 Å². The normalized spacial score (nSPS) is 16.1. The van der Waals surface area contributed by atoms with Crippen molar-refractivity contribution in [2.75, 3.05) is 26.2 Å². The molecular formula is C24H27N3O. The number of benzene rings is 2. The number of aromatic amines is 2. The molecule has 0 saturated carbocycles. The summed E-state index contributed by atoms with van der Waals surface area (Å²) in [5, 5.41) is 2.57. The predicted octanol–water partition coefficient (Wildman–Crippen LogP) is 5.30. The Morgan fingerprint density at radius 1 is 0.893 bits per heavy atom. The number of nitrogens with one attached hydrogen (secondary N) is 2. The molecule has 0 atom stereocenters. The molecule has 144 valence electrons. The zero-order valence-electron chi connectivity index (χ0n) is 16.2. The highest BCUT2D eigenvalue weighted by molar-refractivity contribution is 5.85. The average molecular weight is 374 g/mol. The van der Waals surface area contributed by atoms with Gasteiger partial charge in [0.15, 0.2) is 0 Å².